The van der Waals surface area contributed by atoms with Gasteiger partial charge in [-0.2, -0.15) is 0 Å². The van der Waals surface area contributed by atoms with Gasteiger partial charge in [-0.25, -0.2) is 0 Å². The van der Waals surface area contributed by atoms with E-state index < -0.39 is 0 Å². The van der Waals surface area contributed by atoms with Gasteiger partial charge in [-0.1, -0.05) is 0 Å². The number of ether oxygens (including phenoxy) is 3. The van der Waals surface area contributed by atoms with Crippen molar-refractivity contribution < 1.29 is 14.2 Å². The van der Waals surface area contributed by atoms with Crippen LogP contribution < -0.4 is 14.8 Å². The molecule has 4 nitrogen and oxygen atoms in total. The largest absolute Gasteiger partial charge is 0.497 e. The number of hydrogen-bond acceptors (Lipinski definition) is 4. The van der Waals surface area contributed by atoms with Crippen molar-refractivity contribution >= 4 is 0 Å². The summed E-state index contributed by atoms with van der Waals surface area (Å²) in [5.41, 5.74) is 1.11. The van der Waals surface area contributed by atoms with Gasteiger partial charge < -0.3 is 19.5 Å². The van der Waals surface area contributed by atoms with Gasteiger partial charge in [0.1, 0.15) is 11.5 Å². The van der Waals surface area contributed by atoms with Crippen LogP contribution in [0.2, 0.25) is 0 Å². The quantitative estimate of drug-likeness (QED) is 0.869. The molecule has 4 heteroatoms. The molecule has 1 heterocycles. The van der Waals surface area contributed by atoms with Crippen molar-refractivity contribution in [1.82, 2.24) is 5.32 Å². The first-order valence-electron chi connectivity index (χ1n) is 5.80. The van der Waals surface area contributed by atoms with Crippen LogP contribution in [0.25, 0.3) is 0 Å². The third-order valence-corrected chi connectivity index (χ3v) is 2.95. The van der Waals surface area contributed by atoms with E-state index in [1.54, 1.807) is 14.2 Å². The van der Waals surface area contributed by atoms with Crippen LogP contribution in [0.3, 0.4) is 0 Å². The molecule has 17 heavy (non-hydrogen) atoms. The topological polar surface area (TPSA) is 39.7 Å². The van der Waals surface area contributed by atoms with Crippen molar-refractivity contribution in [3.05, 3.63) is 23.8 Å². The number of methoxy groups -OCH3 is 2. The van der Waals surface area contributed by atoms with E-state index in [2.05, 4.69) is 12.2 Å². The van der Waals surface area contributed by atoms with Gasteiger partial charge in [0.2, 0.25) is 0 Å². The molecule has 0 aliphatic carbocycles. The molecular formula is C13H19NO3. The summed E-state index contributed by atoms with van der Waals surface area (Å²) in [5.74, 6) is 1.63. The molecule has 0 saturated carbocycles. The molecular weight excluding hydrogens is 218 g/mol. The maximum Gasteiger partial charge on any atom is 0.127 e. The highest BCUT2D eigenvalue weighted by Gasteiger charge is 2.22. The first-order chi connectivity index (χ1) is 8.24. The Hall–Kier alpha value is -1.26. The van der Waals surface area contributed by atoms with Gasteiger partial charge in [-0.05, 0) is 19.1 Å². The highest BCUT2D eigenvalue weighted by Crippen LogP contribution is 2.30. The van der Waals surface area contributed by atoms with E-state index in [1.165, 1.54) is 0 Å². The van der Waals surface area contributed by atoms with E-state index in [0.29, 0.717) is 12.6 Å². The van der Waals surface area contributed by atoms with Crippen LogP contribution in [0.4, 0.5) is 0 Å². The Morgan fingerprint density at radius 1 is 1.24 bits per heavy atom. The SMILES string of the molecule is COc1ccc(C2COCC(C)N2)c(OC)c1. The van der Waals surface area contributed by atoms with E-state index >= 15 is 0 Å². The predicted octanol–water partition coefficient (Wildman–Crippen LogP) is 1.75. The molecule has 2 atom stereocenters. The number of nitrogens with one attached hydrogen (secondary N) is 1. The van der Waals surface area contributed by atoms with Crippen LogP contribution >= 0.6 is 0 Å². The van der Waals surface area contributed by atoms with E-state index in [-0.39, 0.29) is 6.04 Å². The van der Waals surface area contributed by atoms with E-state index in [1.807, 2.05) is 18.2 Å². The average Bonchev–Trinajstić information content (AvgIpc) is 2.38. The fourth-order valence-electron chi connectivity index (χ4n) is 2.09. The average molecular weight is 237 g/mol. The number of morpholine rings is 1. The molecule has 1 saturated heterocycles. The molecule has 1 N–H and O–H groups in total. The molecule has 0 amide bonds. The van der Waals surface area contributed by atoms with Gasteiger partial charge in [-0.15, -0.1) is 0 Å². The predicted molar refractivity (Wildman–Crippen MR) is 65.7 cm³/mol. The Balaban J connectivity index is 2.24. The monoisotopic (exact) mass is 237 g/mol. The summed E-state index contributed by atoms with van der Waals surface area (Å²) in [6.45, 7) is 3.55. The molecule has 1 aliphatic heterocycles. The first-order valence-corrected chi connectivity index (χ1v) is 5.80. The molecule has 1 aromatic carbocycles. The Morgan fingerprint density at radius 3 is 2.71 bits per heavy atom. The molecule has 0 radical (unpaired) electrons. The third-order valence-electron chi connectivity index (χ3n) is 2.95. The lowest BCUT2D eigenvalue weighted by Crippen LogP contribution is -2.41. The number of rotatable bonds is 3. The highest BCUT2D eigenvalue weighted by atomic mass is 16.5. The smallest absolute Gasteiger partial charge is 0.127 e. The zero-order chi connectivity index (χ0) is 12.3. The van der Waals surface area contributed by atoms with Crippen LogP contribution in [0, 0.1) is 0 Å². The molecule has 0 spiro atoms. The molecule has 1 aliphatic rings. The first kappa shape index (κ1) is 12.2. The zero-order valence-electron chi connectivity index (χ0n) is 10.5. The van der Waals surface area contributed by atoms with Crippen LogP contribution in [-0.4, -0.2) is 33.5 Å². The van der Waals surface area contributed by atoms with Crippen molar-refractivity contribution in [2.75, 3.05) is 27.4 Å². The summed E-state index contributed by atoms with van der Waals surface area (Å²) < 4.78 is 16.1. The second kappa shape index (κ2) is 5.38. The molecule has 1 aromatic rings. The Labute approximate surface area is 102 Å². The molecule has 2 rings (SSSR count). The fraction of sp³-hybridized carbons (Fsp3) is 0.538. The van der Waals surface area contributed by atoms with Gasteiger partial charge >= 0.3 is 0 Å². The van der Waals surface area contributed by atoms with Gasteiger partial charge in [0.05, 0.1) is 33.5 Å². The van der Waals surface area contributed by atoms with Gasteiger partial charge in [-0.3, -0.25) is 0 Å². The van der Waals surface area contributed by atoms with E-state index in [9.17, 15) is 0 Å². The minimum absolute atomic E-state index is 0.180. The maximum atomic E-state index is 5.56. The molecule has 2 unspecified atom stereocenters. The van der Waals surface area contributed by atoms with Gasteiger partial charge in [0.25, 0.3) is 0 Å². The van der Waals surface area contributed by atoms with Crippen LogP contribution in [0.1, 0.15) is 18.5 Å². The lowest BCUT2D eigenvalue weighted by Gasteiger charge is -2.30. The zero-order valence-corrected chi connectivity index (χ0v) is 10.5. The van der Waals surface area contributed by atoms with E-state index in [4.69, 9.17) is 14.2 Å². The van der Waals surface area contributed by atoms with Crippen molar-refractivity contribution in [3.63, 3.8) is 0 Å². The van der Waals surface area contributed by atoms with Crippen molar-refractivity contribution in [1.29, 1.82) is 0 Å². The summed E-state index contributed by atoms with van der Waals surface area (Å²) in [7, 11) is 3.32. The van der Waals surface area contributed by atoms with E-state index in [0.717, 1.165) is 23.7 Å². The minimum Gasteiger partial charge on any atom is -0.497 e. The second-order valence-corrected chi connectivity index (χ2v) is 4.27. The summed E-state index contributed by atoms with van der Waals surface area (Å²) in [4.78, 5) is 0. The van der Waals surface area contributed by atoms with Gasteiger partial charge in [0, 0.05) is 17.7 Å². The minimum atomic E-state index is 0.180. The molecule has 0 bridgehead atoms. The Bertz CT molecular complexity index is 381. The van der Waals surface area contributed by atoms with Crippen molar-refractivity contribution in [2.45, 2.75) is 19.0 Å². The van der Waals surface area contributed by atoms with Crippen LogP contribution in [-0.2, 0) is 4.74 Å². The standard InChI is InChI=1S/C13H19NO3/c1-9-7-17-8-12(14-9)11-5-4-10(15-2)6-13(11)16-3/h4-6,9,12,14H,7-8H2,1-3H3. The van der Waals surface area contributed by atoms with Crippen LogP contribution in [0.15, 0.2) is 18.2 Å². The molecule has 0 aromatic heterocycles. The molecule has 1 fully saturated rings. The summed E-state index contributed by atoms with van der Waals surface area (Å²) >= 11 is 0. The second-order valence-electron chi connectivity index (χ2n) is 4.27. The third kappa shape index (κ3) is 2.70. The Morgan fingerprint density at radius 2 is 2.06 bits per heavy atom. The normalized spacial score (nSPS) is 24.4. The summed E-state index contributed by atoms with van der Waals surface area (Å²) in [6.07, 6.45) is 0. The van der Waals surface area contributed by atoms with Crippen molar-refractivity contribution in [2.24, 2.45) is 0 Å². The van der Waals surface area contributed by atoms with Gasteiger partial charge in [0.15, 0.2) is 0 Å². The number of hydrogen-bond donors (Lipinski definition) is 1. The maximum absolute atomic E-state index is 5.56. The van der Waals surface area contributed by atoms with Crippen LogP contribution in [0.5, 0.6) is 11.5 Å². The van der Waals surface area contributed by atoms with Crippen molar-refractivity contribution in [3.8, 4) is 11.5 Å². The summed E-state index contributed by atoms with van der Waals surface area (Å²) in [5, 5.41) is 3.50. The summed E-state index contributed by atoms with van der Waals surface area (Å²) in [6, 6.07) is 6.41. The number of benzene rings is 1. The lowest BCUT2D eigenvalue weighted by atomic mass is 10.0. The lowest BCUT2D eigenvalue weighted by molar-refractivity contribution is 0.0496. The fourth-order valence-corrected chi connectivity index (χ4v) is 2.09. The Kier molecular flexibility index (Phi) is 3.86. The highest BCUT2D eigenvalue weighted by molar-refractivity contribution is 5.42. The molecule has 94 valence electrons.